The van der Waals surface area contributed by atoms with Crippen molar-refractivity contribution < 1.29 is 9.90 Å². The fraction of sp³-hybridized carbons (Fsp3) is 0.667. The first kappa shape index (κ1) is 13.1. The monoisotopic (exact) mass is 279 g/mol. The number of hydrogen-bond acceptors (Lipinski definition) is 3. The van der Waals surface area contributed by atoms with Crippen LogP contribution in [0.3, 0.4) is 0 Å². The van der Waals surface area contributed by atoms with Crippen molar-refractivity contribution in [2.75, 3.05) is 19.7 Å². The molecule has 3 rings (SSSR count). The normalized spacial score (nSPS) is 20.4. The first-order valence-corrected chi connectivity index (χ1v) is 8.17. The minimum absolute atomic E-state index is 0.218. The highest BCUT2D eigenvalue weighted by atomic mass is 32.1. The van der Waals surface area contributed by atoms with E-state index in [1.54, 1.807) is 11.3 Å². The number of fused-ring (bicyclic) bond motifs is 1. The van der Waals surface area contributed by atoms with Gasteiger partial charge in [0, 0.05) is 30.0 Å². The third kappa shape index (κ3) is 2.56. The summed E-state index contributed by atoms with van der Waals surface area (Å²) in [6, 6.07) is 0. The molecule has 0 aromatic carbocycles. The molecule has 1 aliphatic heterocycles. The Balaban J connectivity index is 1.72. The molecule has 0 bridgehead atoms. The van der Waals surface area contributed by atoms with Gasteiger partial charge in [-0.15, -0.1) is 11.3 Å². The van der Waals surface area contributed by atoms with Crippen molar-refractivity contribution in [3.05, 3.63) is 21.4 Å². The van der Waals surface area contributed by atoms with Crippen molar-refractivity contribution >= 4 is 17.2 Å². The summed E-state index contributed by atoms with van der Waals surface area (Å²) in [5, 5.41) is 11.2. The van der Waals surface area contributed by atoms with Crippen molar-refractivity contribution in [3.63, 3.8) is 0 Å². The molecule has 1 N–H and O–H groups in total. The Morgan fingerprint density at radius 1 is 1.32 bits per heavy atom. The molecule has 19 heavy (non-hydrogen) atoms. The summed E-state index contributed by atoms with van der Waals surface area (Å²) in [4.78, 5) is 16.0. The summed E-state index contributed by atoms with van der Waals surface area (Å²) in [5.41, 5.74) is 2.28. The molecule has 104 valence electrons. The lowest BCUT2D eigenvalue weighted by Gasteiger charge is -2.31. The van der Waals surface area contributed by atoms with Gasteiger partial charge in [0.15, 0.2) is 0 Å². The van der Waals surface area contributed by atoms with Crippen LogP contribution in [0.4, 0.5) is 0 Å². The van der Waals surface area contributed by atoms with Gasteiger partial charge in [0.25, 0.3) is 5.91 Å². The number of amides is 1. The van der Waals surface area contributed by atoms with Gasteiger partial charge in [-0.3, -0.25) is 4.79 Å². The lowest BCUT2D eigenvalue weighted by molar-refractivity contribution is 0.0650. The second-order valence-corrected chi connectivity index (χ2v) is 6.64. The maximum atomic E-state index is 12.6. The molecular weight excluding hydrogens is 258 g/mol. The van der Waals surface area contributed by atoms with Gasteiger partial charge in [0.2, 0.25) is 0 Å². The Morgan fingerprint density at radius 3 is 2.79 bits per heavy atom. The molecule has 0 atom stereocenters. The number of aryl methyl sites for hydroxylation is 1. The Hall–Kier alpha value is -0.870. The van der Waals surface area contributed by atoms with Crippen LogP contribution in [-0.4, -0.2) is 35.6 Å². The number of thiophene rings is 1. The second kappa shape index (κ2) is 5.63. The highest BCUT2D eigenvalue weighted by molar-refractivity contribution is 7.10. The highest BCUT2D eigenvalue weighted by Gasteiger charge is 2.27. The van der Waals surface area contributed by atoms with Gasteiger partial charge in [-0.25, -0.2) is 0 Å². The number of aliphatic hydroxyl groups is 1. The van der Waals surface area contributed by atoms with Crippen molar-refractivity contribution in [2.24, 2.45) is 5.92 Å². The van der Waals surface area contributed by atoms with Crippen molar-refractivity contribution in [3.8, 4) is 0 Å². The third-order valence-electron chi connectivity index (χ3n) is 4.45. The first-order valence-electron chi connectivity index (χ1n) is 7.29. The van der Waals surface area contributed by atoms with Crippen molar-refractivity contribution in [1.29, 1.82) is 0 Å². The number of likely N-dealkylation sites (tertiary alicyclic amines) is 1. The smallest absolute Gasteiger partial charge is 0.254 e. The molecule has 0 radical (unpaired) electrons. The van der Waals surface area contributed by atoms with Crippen molar-refractivity contribution in [1.82, 2.24) is 4.90 Å². The molecule has 1 aromatic heterocycles. The van der Waals surface area contributed by atoms with E-state index in [4.69, 9.17) is 5.11 Å². The van der Waals surface area contributed by atoms with E-state index in [-0.39, 0.29) is 12.5 Å². The number of carbonyl (C=O) groups excluding carboxylic acids is 1. The second-order valence-electron chi connectivity index (χ2n) is 5.68. The van der Waals surface area contributed by atoms with Gasteiger partial charge < -0.3 is 10.0 Å². The number of piperidine rings is 1. The summed E-state index contributed by atoms with van der Waals surface area (Å²) in [5.74, 6) is 0.608. The molecule has 2 aliphatic rings. The molecule has 1 aromatic rings. The Bertz CT molecular complexity index is 461. The molecule has 1 aliphatic carbocycles. The maximum Gasteiger partial charge on any atom is 0.254 e. The molecule has 1 fully saturated rings. The minimum Gasteiger partial charge on any atom is -0.396 e. The van der Waals surface area contributed by atoms with Gasteiger partial charge in [0.1, 0.15) is 0 Å². The van der Waals surface area contributed by atoms with Crippen LogP contribution in [-0.2, 0) is 12.8 Å². The molecule has 1 saturated heterocycles. The zero-order valence-corrected chi connectivity index (χ0v) is 12.0. The molecule has 2 heterocycles. The van der Waals surface area contributed by atoms with Gasteiger partial charge in [-0.1, -0.05) is 0 Å². The fourth-order valence-corrected chi connectivity index (χ4v) is 4.28. The summed E-state index contributed by atoms with van der Waals surface area (Å²) in [6.07, 6.45) is 6.59. The van der Waals surface area contributed by atoms with Crippen LogP contribution < -0.4 is 0 Å². The Morgan fingerprint density at radius 2 is 2.05 bits per heavy atom. The zero-order chi connectivity index (χ0) is 13.2. The van der Waals surface area contributed by atoms with Gasteiger partial charge in [-0.2, -0.15) is 0 Å². The topological polar surface area (TPSA) is 40.5 Å². The third-order valence-corrected chi connectivity index (χ3v) is 5.54. The van der Waals surface area contributed by atoms with E-state index in [1.807, 2.05) is 4.90 Å². The first-order chi connectivity index (χ1) is 9.29. The van der Waals surface area contributed by atoms with E-state index in [1.165, 1.54) is 23.3 Å². The SMILES string of the molecule is O=C(c1csc2c1CCCC2)N1CCC(CO)CC1. The number of rotatable bonds is 2. The maximum absolute atomic E-state index is 12.6. The van der Waals surface area contributed by atoms with E-state index >= 15 is 0 Å². The molecular formula is C15H21NO2S. The molecule has 3 nitrogen and oxygen atoms in total. The molecule has 0 saturated carbocycles. The largest absolute Gasteiger partial charge is 0.396 e. The standard InChI is InChI=1S/C15H21NO2S/c17-9-11-5-7-16(8-6-11)15(18)13-10-19-14-4-2-1-3-12(13)14/h10-11,17H,1-9H2. The van der Waals surface area contributed by atoms with Crippen LogP contribution in [0.25, 0.3) is 0 Å². The minimum atomic E-state index is 0.218. The number of hydrogen-bond donors (Lipinski definition) is 1. The Labute approximate surface area is 118 Å². The van der Waals surface area contributed by atoms with Crippen molar-refractivity contribution in [2.45, 2.75) is 38.5 Å². The number of aliphatic hydroxyl groups excluding tert-OH is 1. The average Bonchev–Trinajstić information content (AvgIpc) is 2.90. The predicted molar refractivity (Wildman–Crippen MR) is 76.7 cm³/mol. The van der Waals surface area contributed by atoms with Gasteiger partial charge >= 0.3 is 0 Å². The van der Waals surface area contributed by atoms with Crippen LogP contribution in [0.2, 0.25) is 0 Å². The summed E-state index contributed by atoms with van der Waals surface area (Å²) < 4.78 is 0. The number of carbonyl (C=O) groups is 1. The van der Waals surface area contributed by atoms with E-state index in [0.29, 0.717) is 5.92 Å². The summed E-state index contributed by atoms with van der Waals surface area (Å²) in [7, 11) is 0. The molecule has 1 amide bonds. The van der Waals surface area contributed by atoms with E-state index < -0.39 is 0 Å². The van der Waals surface area contributed by atoms with E-state index in [9.17, 15) is 4.79 Å². The van der Waals surface area contributed by atoms with Crippen LogP contribution >= 0.6 is 11.3 Å². The van der Waals surface area contributed by atoms with Crippen LogP contribution in [0.15, 0.2) is 5.38 Å². The van der Waals surface area contributed by atoms with Crippen LogP contribution in [0, 0.1) is 5.92 Å². The van der Waals surface area contributed by atoms with E-state index in [2.05, 4.69) is 5.38 Å². The average molecular weight is 279 g/mol. The van der Waals surface area contributed by atoms with E-state index in [0.717, 1.165) is 44.3 Å². The summed E-state index contributed by atoms with van der Waals surface area (Å²) >= 11 is 1.76. The zero-order valence-electron chi connectivity index (χ0n) is 11.2. The van der Waals surface area contributed by atoms with Crippen LogP contribution in [0.5, 0.6) is 0 Å². The lowest BCUT2D eigenvalue weighted by atomic mass is 9.94. The predicted octanol–water partition coefficient (Wildman–Crippen LogP) is 2.47. The highest BCUT2D eigenvalue weighted by Crippen LogP contribution is 2.31. The Kier molecular flexibility index (Phi) is 3.89. The summed E-state index contributed by atoms with van der Waals surface area (Å²) in [6.45, 7) is 1.86. The fourth-order valence-electron chi connectivity index (χ4n) is 3.16. The molecule has 4 heteroatoms. The van der Waals surface area contributed by atoms with Gasteiger partial charge in [-0.05, 0) is 50.0 Å². The van der Waals surface area contributed by atoms with Gasteiger partial charge in [0.05, 0.1) is 5.56 Å². The molecule has 0 spiro atoms. The van der Waals surface area contributed by atoms with Crippen LogP contribution in [0.1, 0.15) is 46.5 Å². The molecule has 0 unspecified atom stereocenters. The lowest BCUT2D eigenvalue weighted by Crippen LogP contribution is -2.39. The number of nitrogens with zero attached hydrogens (tertiary/aromatic N) is 1. The quantitative estimate of drug-likeness (QED) is 0.903.